The van der Waals surface area contributed by atoms with Crippen LogP contribution < -0.4 is 5.32 Å². The lowest BCUT2D eigenvalue weighted by Crippen LogP contribution is -2.36. The number of rotatable bonds is 6. The molecule has 2 aromatic carbocycles. The van der Waals surface area contributed by atoms with Crippen LogP contribution in [0.2, 0.25) is 5.02 Å². The molecule has 4 rings (SSSR count). The quantitative estimate of drug-likeness (QED) is 0.196. The topological polar surface area (TPSA) is 123 Å². The van der Waals surface area contributed by atoms with Crippen LogP contribution in [0.3, 0.4) is 0 Å². The number of carbonyl (C=O) groups is 3. The summed E-state index contributed by atoms with van der Waals surface area (Å²) < 4.78 is 6.43. The van der Waals surface area contributed by atoms with Crippen molar-refractivity contribution in [3.8, 4) is 11.3 Å². The smallest absolute Gasteiger partial charge is 0.294 e. The molecule has 36 heavy (non-hydrogen) atoms. The minimum Gasteiger partial charge on any atom is -0.457 e. The van der Waals surface area contributed by atoms with Gasteiger partial charge in [0.25, 0.3) is 16.8 Å². The molecule has 1 aromatic heterocycles. The third-order valence-corrected chi connectivity index (χ3v) is 7.54. The third kappa shape index (κ3) is 5.38. The summed E-state index contributed by atoms with van der Waals surface area (Å²) in [6.45, 7) is 2.98. The number of thioether (sulfide) groups is 1. The van der Waals surface area contributed by atoms with Gasteiger partial charge in [0.15, 0.2) is 0 Å². The number of nitrogens with zero attached hydrogens (tertiary/aromatic N) is 2. The number of hydrogen-bond acceptors (Lipinski definition) is 7. The van der Waals surface area contributed by atoms with Gasteiger partial charge in [0, 0.05) is 33.4 Å². The monoisotopic (exact) mass is 589 g/mol. The first kappa shape index (κ1) is 25.7. The van der Waals surface area contributed by atoms with Crippen molar-refractivity contribution in [2.45, 2.75) is 13.8 Å². The molecule has 1 saturated heterocycles. The van der Waals surface area contributed by atoms with E-state index in [2.05, 4.69) is 21.2 Å². The predicted molar refractivity (Wildman–Crippen MR) is 141 cm³/mol. The maximum absolute atomic E-state index is 12.8. The number of amides is 3. The number of nitrogens with one attached hydrogen (secondary N) is 1. The number of hydrogen-bond donors (Lipinski definition) is 1. The van der Waals surface area contributed by atoms with Gasteiger partial charge < -0.3 is 9.73 Å². The van der Waals surface area contributed by atoms with E-state index in [9.17, 15) is 24.5 Å². The second-order valence-corrected chi connectivity index (χ2v) is 10.1. The molecule has 0 radical (unpaired) electrons. The van der Waals surface area contributed by atoms with Crippen LogP contribution in [-0.2, 0) is 9.59 Å². The Morgan fingerprint density at radius 3 is 2.67 bits per heavy atom. The molecule has 3 amide bonds. The van der Waals surface area contributed by atoms with Gasteiger partial charge in [-0.1, -0.05) is 11.6 Å². The molecule has 1 fully saturated rings. The number of furan rings is 1. The lowest BCUT2D eigenvalue weighted by molar-refractivity contribution is -0.385. The fraction of sp³-hybridized carbons (Fsp3) is 0.125. The Bertz CT molecular complexity index is 1470. The zero-order valence-corrected chi connectivity index (χ0v) is 22.0. The average molecular weight is 591 g/mol. The van der Waals surface area contributed by atoms with E-state index in [0.29, 0.717) is 43.8 Å². The van der Waals surface area contributed by atoms with Crippen molar-refractivity contribution >= 4 is 73.8 Å². The van der Waals surface area contributed by atoms with Gasteiger partial charge in [0.1, 0.15) is 18.1 Å². The normalized spacial score (nSPS) is 14.6. The second-order valence-electron chi connectivity index (χ2n) is 7.84. The van der Waals surface area contributed by atoms with E-state index in [4.69, 9.17) is 16.0 Å². The highest BCUT2D eigenvalue weighted by Crippen LogP contribution is 2.35. The number of anilines is 1. The van der Waals surface area contributed by atoms with Gasteiger partial charge in [-0.2, -0.15) is 0 Å². The number of nitro groups is 1. The number of benzene rings is 2. The Morgan fingerprint density at radius 2 is 1.97 bits per heavy atom. The van der Waals surface area contributed by atoms with Gasteiger partial charge in [-0.3, -0.25) is 29.4 Å². The average Bonchev–Trinajstić information content (AvgIpc) is 3.38. The van der Waals surface area contributed by atoms with Crippen molar-refractivity contribution < 1.29 is 23.7 Å². The van der Waals surface area contributed by atoms with Crippen molar-refractivity contribution in [2.75, 3.05) is 11.9 Å². The van der Waals surface area contributed by atoms with Crippen LogP contribution in [0.1, 0.15) is 16.9 Å². The highest BCUT2D eigenvalue weighted by molar-refractivity contribution is 9.10. The van der Waals surface area contributed by atoms with Crippen LogP contribution in [0.15, 0.2) is 56.3 Å². The molecular formula is C24H17BrClN3O6S. The van der Waals surface area contributed by atoms with Crippen LogP contribution in [0.5, 0.6) is 0 Å². The second kappa shape index (κ2) is 10.3. The summed E-state index contributed by atoms with van der Waals surface area (Å²) in [6, 6.07) is 11.2. The SMILES string of the molecule is Cc1cc(-c2ccc(/C=C3/SC(=O)N(CC(=O)Nc4ccc(Br)c(Cl)c4)C3=O)o2)cc([N+](=O)[O-])c1C. The summed E-state index contributed by atoms with van der Waals surface area (Å²) in [5.74, 6) is -0.535. The minimum atomic E-state index is -0.631. The summed E-state index contributed by atoms with van der Waals surface area (Å²) in [6.07, 6.45) is 1.40. The van der Waals surface area contributed by atoms with E-state index >= 15 is 0 Å². The summed E-state index contributed by atoms with van der Waals surface area (Å²) in [5.41, 5.74) is 2.22. The third-order valence-electron chi connectivity index (χ3n) is 5.40. The zero-order chi connectivity index (χ0) is 26.1. The Morgan fingerprint density at radius 1 is 1.22 bits per heavy atom. The first-order valence-electron chi connectivity index (χ1n) is 10.4. The summed E-state index contributed by atoms with van der Waals surface area (Å²) in [5, 5.41) is 13.8. The first-order chi connectivity index (χ1) is 17.0. The fourth-order valence-corrected chi connectivity index (χ4v) is 4.69. The highest BCUT2D eigenvalue weighted by Gasteiger charge is 2.36. The van der Waals surface area contributed by atoms with Crippen LogP contribution in [0, 0.1) is 24.0 Å². The van der Waals surface area contributed by atoms with Crippen molar-refractivity contribution in [1.82, 2.24) is 4.90 Å². The number of imide groups is 1. The zero-order valence-electron chi connectivity index (χ0n) is 18.8. The minimum absolute atomic E-state index is 0.0206. The van der Waals surface area contributed by atoms with Crippen LogP contribution in [0.25, 0.3) is 17.4 Å². The van der Waals surface area contributed by atoms with Gasteiger partial charge >= 0.3 is 0 Å². The Balaban J connectivity index is 1.49. The van der Waals surface area contributed by atoms with Crippen LogP contribution in [-0.4, -0.2) is 33.4 Å². The Kier molecular flexibility index (Phi) is 7.34. The van der Waals surface area contributed by atoms with Crippen LogP contribution in [0.4, 0.5) is 16.2 Å². The van der Waals surface area contributed by atoms with Gasteiger partial charge in [-0.25, -0.2) is 0 Å². The van der Waals surface area contributed by atoms with E-state index in [1.807, 2.05) is 0 Å². The molecule has 0 unspecified atom stereocenters. The van der Waals surface area contributed by atoms with Gasteiger partial charge in [0.2, 0.25) is 5.91 Å². The highest BCUT2D eigenvalue weighted by atomic mass is 79.9. The number of halogens is 2. The van der Waals surface area contributed by atoms with Crippen molar-refractivity contribution in [1.29, 1.82) is 0 Å². The first-order valence-corrected chi connectivity index (χ1v) is 12.4. The molecule has 1 aliphatic rings. The molecule has 0 saturated carbocycles. The van der Waals surface area contributed by atoms with E-state index in [0.717, 1.165) is 10.5 Å². The molecule has 0 aliphatic carbocycles. The van der Waals surface area contributed by atoms with E-state index < -0.39 is 28.5 Å². The standard InChI is InChI=1S/C24H17BrClN3O6S/c1-12-7-14(8-19(13(12)2)29(33)34)20-6-4-16(35-20)10-21-23(31)28(24(32)36-21)11-22(30)27-15-3-5-17(25)18(26)9-15/h3-10H,11H2,1-2H3,(H,27,30)/b21-10+. The maximum Gasteiger partial charge on any atom is 0.294 e. The van der Waals surface area contributed by atoms with Crippen molar-refractivity contribution in [3.63, 3.8) is 0 Å². The number of nitro benzene ring substituents is 1. The Hall–Kier alpha value is -3.41. The molecule has 184 valence electrons. The van der Waals surface area contributed by atoms with Gasteiger partial charge in [-0.05, 0) is 83.5 Å². The van der Waals surface area contributed by atoms with Crippen molar-refractivity contribution in [2.24, 2.45) is 0 Å². The molecule has 0 bridgehead atoms. The summed E-state index contributed by atoms with van der Waals surface area (Å²) >= 11 is 9.97. The molecule has 1 N–H and O–H groups in total. The summed E-state index contributed by atoms with van der Waals surface area (Å²) in [4.78, 5) is 49.4. The van der Waals surface area contributed by atoms with Crippen LogP contribution >= 0.6 is 39.3 Å². The van der Waals surface area contributed by atoms with Gasteiger partial charge in [-0.15, -0.1) is 0 Å². The van der Waals surface area contributed by atoms with E-state index in [-0.39, 0.29) is 16.4 Å². The molecule has 3 aromatic rings. The molecule has 12 heteroatoms. The predicted octanol–water partition coefficient (Wildman–Crippen LogP) is 6.56. The lowest BCUT2D eigenvalue weighted by Gasteiger charge is -2.12. The lowest BCUT2D eigenvalue weighted by atomic mass is 10.0. The van der Waals surface area contributed by atoms with Gasteiger partial charge in [0.05, 0.1) is 14.9 Å². The molecular weight excluding hydrogens is 574 g/mol. The summed E-state index contributed by atoms with van der Waals surface area (Å²) in [7, 11) is 0. The van der Waals surface area contributed by atoms with Crippen molar-refractivity contribution in [3.05, 3.63) is 83.9 Å². The molecule has 1 aliphatic heterocycles. The largest absolute Gasteiger partial charge is 0.457 e. The molecule has 9 nitrogen and oxygen atoms in total. The molecule has 2 heterocycles. The Labute approximate surface area is 222 Å². The number of aryl methyl sites for hydroxylation is 1. The number of carbonyl (C=O) groups excluding carboxylic acids is 3. The van der Waals surface area contributed by atoms with E-state index in [1.165, 1.54) is 18.2 Å². The molecule has 0 spiro atoms. The maximum atomic E-state index is 12.8. The molecule has 0 atom stereocenters. The van der Waals surface area contributed by atoms with E-state index in [1.54, 1.807) is 44.2 Å². The fourth-order valence-electron chi connectivity index (χ4n) is 3.44.